The van der Waals surface area contributed by atoms with Gasteiger partial charge in [-0.2, -0.15) is 10.2 Å². The molecule has 5 rings (SSSR count). The summed E-state index contributed by atoms with van der Waals surface area (Å²) in [7, 11) is 0. The number of pyridine rings is 1. The van der Waals surface area contributed by atoms with Crippen LogP contribution in [0.5, 0.6) is 0 Å². The van der Waals surface area contributed by atoms with Gasteiger partial charge in [-0.1, -0.05) is 60.7 Å². The Bertz CT molecular complexity index is 1290. The first-order valence-corrected chi connectivity index (χ1v) is 9.54. The lowest BCUT2D eigenvalue weighted by Gasteiger charge is -2.09. The maximum absolute atomic E-state index is 13.1. The Balaban J connectivity index is 1.63. The summed E-state index contributed by atoms with van der Waals surface area (Å²) in [6, 6.07) is 23.4. The van der Waals surface area contributed by atoms with Gasteiger partial charge in [-0.25, -0.2) is 9.67 Å². The average Bonchev–Trinajstić information content (AvgIpc) is 3.45. The number of nitrogens with zero attached hydrogens (tertiary/aromatic N) is 4. The number of hydrogen-bond acceptors (Lipinski definition) is 4. The van der Waals surface area contributed by atoms with E-state index in [9.17, 15) is 4.79 Å². The summed E-state index contributed by atoms with van der Waals surface area (Å²) in [4.78, 5) is 17.9. The van der Waals surface area contributed by atoms with E-state index in [0.29, 0.717) is 34.7 Å². The second-order valence-corrected chi connectivity index (χ2v) is 6.87. The van der Waals surface area contributed by atoms with E-state index >= 15 is 0 Å². The summed E-state index contributed by atoms with van der Waals surface area (Å²) in [6.07, 6.45) is 3.28. The lowest BCUT2D eigenvalue weighted by atomic mass is 10.1. The van der Waals surface area contributed by atoms with Crippen LogP contribution in [0.15, 0.2) is 85.2 Å². The number of aromatic amines is 1. The van der Waals surface area contributed by atoms with Crippen LogP contribution in [0.4, 0.5) is 5.82 Å². The van der Waals surface area contributed by atoms with E-state index < -0.39 is 0 Å². The van der Waals surface area contributed by atoms with Gasteiger partial charge in [-0.15, -0.1) is 0 Å². The van der Waals surface area contributed by atoms with Gasteiger partial charge in [0.2, 0.25) is 0 Å². The number of anilines is 1. The Hall–Kier alpha value is -4.26. The van der Waals surface area contributed by atoms with Crippen molar-refractivity contribution in [3.63, 3.8) is 0 Å². The summed E-state index contributed by atoms with van der Waals surface area (Å²) in [5.41, 5.74) is 3.93. The van der Waals surface area contributed by atoms with Gasteiger partial charge < -0.3 is 5.32 Å². The molecule has 0 fully saturated rings. The van der Waals surface area contributed by atoms with Crippen molar-refractivity contribution in [2.45, 2.75) is 6.54 Å². The van der Waals surface area contributed by atoms with Crippen molar-refractivity contribution in [2.75, 3.05) is 5.32 Å². The minimum Gasteiger partial charge on any atom is -0.307 e. The van der Waals surface area contributed by atoms with E-state index in [-0.39, 0.29) is 5.91 Å². The Morgan fingerprint density at radius 3 is 2.50 bits per heavy atom. The fraction of sp³-hybridized carbons (Fsp3) is 0.0435. The predicted molar refractivity (Wildman–Crippen MR) is 115 cm³/mol. The highest BCUT2D eigenvalue weighted by Gasteiger charge is 2.18. The first-order valence-electron chi connectivity index (χ1n) is 9.54. The van der Waals surface area contributed by atoms with Crippen LogP contribution in [0.3, 0.4) is 0 Å². The minimum atomic E-state index is -0.247. The van der Waals surface area contributed by atoms with Crippen LogP contribution in [0.25, 0.3) is 22.3 Å². The molecule has 0 radical (unpaired) electrons. The highest BCUT2D eigenvalue weighted by atomic mass is 16.1. The number of benzene rings is 2. The molecule has 3 heterocycles. The smallest absolute Gasteiger partial charge is 0.257 e. The van der Waals surface area contributed by atoms with Gasteiger partial charge >= 0.3 is 0 Å². The molecule has 5 aromatic rings. The number of nitrogens with one attached hydrogen (secondary N) is 2. The van der Waals surface area contributed by atoms with Crippen LogP contribution in [0.1, 0.15) is 15.9 Å². The third-order valence-electron chi connectivity index (χ3n) is 4.85. The molecule has 7 heteroatoms. The van der Waals surface area contributed by atoms with Gasteiger partial charge in [0.05, 0.1) is 35.6 Å². The van der Waals surface area contributed by atoms with Crippen LogP contribution >= 0.6 is 0 Å². The van der Waals surface area contributed by atoms with Gasteiger partial charge in [0.15, 0.2) is 5.65 Å². The van der Waals surface area contributed by atoms with E-state index in [1.165, 1.54) is 0 Å². The van der Waals surface area contributed by atoms with Crippen LogP contribution in [-0.2, 0) is 6.54 Å². The zero-order valence-corrected chi connectivity index (χ0v) is 16.0. The number of rotatable bonds is 5. The molecule has 1 amide bonds. The zero-order valence-electron chi connectivity index (χ0n) is 16.0. The molecule has 0 spiro atoms. The van der Waals surface area contributed by atoms with Gasteiger partial charge in [-0.3, -0.25) is 9.89 Å². The van der Waals surface area contributed by atoms with Gasteiger partial charge in [0.1, 0.15) is 5.82 Å². The molecule has 2 aromatic carbocycles. The highest BCUT2D eigenvalue weighted by molar-refractivity contribution is 6.12. The largest absolute Gasteiger partial charge is 0.307 e. The van der Waals surface area contributed by atoms with E-state index in [1.807, 2.05) is 65.3 Å². The molecule has 0 atom stereocenters. The molecule has 2 N–H and O–H groups in total. The fourth-order valence-corrected chi connectivity index (χ4v) is 3.38. The average molecular weight is 394 g/mol. The minimum absolute atomic E-state index is 0.247. The lowest BCUT2D eigenvalue weighted by Crippen LogP contribution is -2.13. The Labute approximate surface area is 172 Å². The lowest BCUT2D eigenvalue weighted by molar-refractivity contribution is 0.102. The summed E-state index contributed by atoms with van der Waals surface area (Å²) < 4.78 is 1.82. The zero-order chi connectivity index (χ0) is 20.3. The SMILES string of the molecule is O=C(Nc1ccn[nH]1)c1cc(-c2ccccc2)nc2c1cnn2Cc1ccccc1. The van der Waals surface area contributed by atoms with Crippen LogP contribution < -0.4 is 5.32 Å². The summed E-state index contributed by atoms with van der Waals surface area (Å²) in [6.45, 7) is 0.567. The number of aromatic nitrogens is 5. The summed E-state index contributed by atoms with van der Waals surface area (Å²) in [5, 5.41) is 14.7. The third-order valence-corrected chi connectivity index (χ3v) is 4.85. The van der Waals surface area contributed by atoms with E-state index in [0.717, 1.165) is 11.1 Å². The number of fused-ring (bicyclic) bond motifs is 1. The number of H-pyrrole nitrogens is 1. The maximum Gasteiger partial charge on any atom is 0.257 e. The second kappa shape index (κ2) is 7.63. The number of amides is 1. The molecule has 30 heavy (non-hydrogen) atoms. The molecule has 0 aliphatic rings. The Kier molecular flexibility index (Phi) is 4.53. The molecular weight excluding hydrogens is 376 g/mol. The molecule has 7 nitrogen and oxygen atoms in total. The highest BCUT2D eigenvalue weighted by Crippen LogP contribution is 2.26. The first kappa shape index (κ1) is 17.8. The van der Waals surface area contributed by atoms with Crippen LogP contribution in [-0.4, -0.2) is 30.9 Å². The van der Waals surface area contributed by atoms with Crippen LogP contribution in [0, 0.1) is 0 Å². The Morgan fingerprint density at radius 2 is 1.77 bits per heavy atom. The molecule has 0 saturated heterocycles. The van der Waals surface area contributed by atoms with Crippen molar-refractivity contribution < 1.29 is 4.79 Å². The van der Waals surface area contributed by atoms with E-state index in [4.69, 9.17) is 4.98 Å². The second-order valence-electron chi connectivity index (χ2n) is 6.87. The number of carbonyl (C=O) groups excluding carboxylic acids is 1. The van der Waals surface area contributed by atoms with Crippen molar-refractivity contribution in [2.24, 2.45) is 0 Å². The quantitative estimate of drug-likeness (QED) is 0.469. The van der Waals surface area contributed by atoms with Crippen molar-refractivity contribution in [3.8, 4) is 11.3 Å². The molecule has 146 valence electrons. The van der Waals surface area contributed by atoms with Crippen molar-refractivity contribution in [1.29, 1.82) is 0 Å². The first-order chi connectivity index (χ1) is 14.8. The fourth-order valence-electron chi connectivity index (χ4n) is 3.38. The molecule has 0 bridgehead atoms. The third kappa shape index (κ3) is 3.44. The normalized spacial score (nSPS) is 10.9. The standard InChI is InChI=1S/C23H18N6O/c30-23(27-21-11-12-24-28-21)18-13-20(17-9-5-2-6-10-17)26-22-19(18)14-25-29(22)15-16-7-3-1-4-8-16/h1-14H,15H2,(H2,24,27,28,30). The topological polar surface area (TPSA) is 88.5 Å². The van der Waals surface area contributed by atoms with Crippen molar-refractivity contribution in [3.05, 3.63) is 96.3 Å². The maximum atomic E-state index is 13.1. The molecule has 0 saturated carbocycles. The van der Waals surface area contributed by atoms with Gasteiger partial charge in [-0.05, 0) is 11.6 Å². The Morgan fingerprint density at radius 1 is 1.00 bits per heavy atom. The van der Waals surface area contributed by atoms with Crippen molar-refractivity contribution in [1.82, 2.24) is 25.0 Å². The monoisotopic (exact) mass is 394 g/mol. The number of hydrogen-bond donors (Lipinski definition) is 2. The predicted octanol–water partition coefficient (Wildman–Crippen LogP) is 4.12. The molecule has 0 aliphatic carbocycles. The summed E-state index contributed by atoms with van der Waals surface area (Å²) >= 11 is 0. The van der Waals surface area contributed by atoms with Crippen LogP contribution in [0.2, 0.25) is 0 Å². The number of carbonyl (C=O) groups is 1. The van der Waals surface area contributed by atoms with E-state index in [2.05, 4.69) is 20.6 Å². The van der Waals surface area contributed by atoms with Crippen molar-refractivity contribution >= 4 is 22.8 Å². The molecule has 3 aromatic heterocycles. The molecular formula is C23H18N6O. The summed E-state index contributed by atoms with van der Waals surface area (Å²) in [5.74, 6) is 0.283. The molecule has 0 unspecified atom stereocenters. The molecule has 0 aliphatic heterocycles. The van der Waals surface area contributed by atoms with Gasteiger partial charge in [0.25, 0.3) is 5.91 Å². The van der Waals surface area contributed by atoms with E-state index in [1.54, 1.807) is 24.5 Å². The van der Waals surface area contributed by atoms with Gasteiger partial charge in [0, 0.05) is 11.6 Å².